The summed E-state index contributed by atoms with van der Waals surface area (Å²) in [6.07, 6.45) is 2.24. The molecule has 0 unspecified atom stereocenters. The molecule has 3 heteroatoms. The molecule has 1 saturated carbocycles. The highest BCUT2D eigenvalue weighted by Gasteiger charge is 2.43. The second-order valence-electron chi connectivity index (χ2n) is 5.23. The van der Waals surface area contributed by atoms with Crippen LogP contribution in [-0.4, -0.2) is 17.4 Å². The minimum atomic E-state index is 0.318. The Bertz CT molecular complexity index is 438. The topological polar surface area (TPSA) is 46.3 Å². The van der Waals surface area contributed by atoms with Gasteiger partial charge in [0.05, 0.1) is 0 Å². The third-order valence-electron chi connectivity index (χ3n) is 4.07. The molecule has 0 atom stereocenters. The Kier molecular flexibility index (Phi) is 2.63. The molecule has 0 spiro atoms. The van der Waals surface area contributed by atoms with Crippen LogP contribution in [0.2, 0.25) is 0 Å². The lowest BCUT2D eigenvalue weighted by atomic mass is 9.70. The molecule has 0 radical (unpaired) electrons. The Morgan fingerprint density at radius 1 is 1.24 bits per heavy atom. The first-order valence-corrected chi connectivity index (χ1v) is 6.33. The number of rotatable bonds is 3. The van der Waals surface area contributed by atoms with Crippen molar-refractivity contribution < 1.29 is 4.79 Å². The molecule has 1 aromatic rings. The quantitative estimate of drug-likeness (QED) is 0.855. The molecular formula is C14H18N2O. The fraction of sp³-hybridized carbons (Fsp3) is 0.500. The Morgan fingerprint density at radius 3 is 2.59 bits per heavy atom. The highest BCUT2D eigenvalue weighted by Crippen LogP contribution is 2.40. The van der Waals surface area contributed by atoms with Crippen LogP contribution in [0.25, 0.3) is 0 Å². The molecule has 2 N–H and O–H groups in total. The van der Waals surface area contributed by atoms with Crippen molar-refractivity contribution in [3.05, 3.63) is 35.4 Å². The number of nitrogens with zero attached hydrogens (tertiary/aromatic N) is 1. The van der Waals surface area contributed by atoms with Crippen LogP contribution in [0.1, 0.15) is 24.0 Å². The van der Waals surface area contributed by atoms with Gasteiger partial charge < -0.3 is 10.6 Å². The zero-order valence-corrected chi connectivity index (χ0v) is 9.93. The van der Waals surface area contributed by atoms with E-state index in [9.17, 15) is 4.79 Å². The lowest BCUT2D eigenvalue weighted by Gasteiger charge is -2.46. The van der Waals surface area contributed by atoms with Gasteiger partial charge in [-0.15, -0.1) is 0 Å². The fourth-order valence-electron chi connectivity index (χ4n) is 3.01. The van der Waals surface area contributed by atoms with E-state index in [0.29, 0.717) is 18.4 Å². The molecular weight excluding hydrogens is 212 g/mol. The van der Waals surface area contributed by atoms with Gasteiger partial charge in [0.15, 0.2) is 0 Å². The van der Waals surface area contributed by atoms with E-state index >= 15 is 0 Å². The maximum atomic E-state index is 12.1. The summed E-state index contributed by atoms with van der Waals surface area (Å²) in [6, 6.07) is 8.14. The van der Waals surface area contributed by atoms with Gasteiger partial charge in [0.25, 0.3) is 0 Å². The first-order chi connectivity index (χ1) is 8.28. The minimum absolute atomic E-state index is 0.318. The first-order valence-electron chi connectivity index (χ1n) is 6.33. The van der Waals surface area contributed by atoms with Crippen molar-refractivity contribution in [2.75, 3.05) is 6.54 Å². The van der Waals surface area contributed by atoms with E-state index in [-0.39, 0.29) is 0 Å². The Labute approximate surface area is 102 Å². The van der Waals surface area contributed by atoms with E-state index in [4.69, 9.17) is 5.73 Å². The van der Waals surface area contributed by atoms with Gasteiger partial charge in [-0.1, -0.05) is 24.3 Å². The lowest BCUT2D eigenvalue weighted by Crippen LogP contribution is -2.52. The van der Waals surface area contributed by atoms with Crippen molar-refractivity contribution in [1.29, 1.82) is 0 Å². The normalized spacial score (nSPS) is 26.9. The van der Waals surface area contributed by atoms with Crippen LogP contribution in [0, 0.1) is 11.8 Å². The number of fused-ring (bicyclic) bond motifs is 2. The van der Waals surface area contributed by atoms with E-state index in [0.717, 1.165) is 37.4 Å². The lowest BCUT2D eigenvalue weighted by molar-refractivity contribution is -0.149. The molecule has 3 fully saturated rings. The summed E-state index contributed by atoms with van der Waals surface area (Å²) in [5.41, 5.74) is 8.07. The molecule has 2 heterocycles. The summed E-state index contributed by atoms with van der Waals surface area (Å²) in [6.45, 7) is 2.22. The van der Waals surface area contributed by atoms with Gasteiger partial charge in [0, 0.05) is 25.6 Å². The molecule has 17 heavy (non-hydrogen) atoms. The van der Waals surface area contributed by atoms with Gasteiger partial charge >= 0.3 is 0 Å². The van der Waals surface area contributed by atoms with Crippen molar-refractivity contribution in [2.24, 2.45) is 17.6 Å². The summed E-state index contributed by atoms with van der Waals surface area (Å²) in [5.74, 6) is 1.42. The van der Waals surface area contributed by atoms with E-state index < -0.39 is 0 Å². The van der Waals surface area contributed by atoms with Gasteiger partial charge in [0.1, 0.15) is 0 Å². The fourth-order valence-corrected chi connectivity index (χ4v) is 3.01. The van der Waals surface area contributed by atoms with Crippen LogP contribution in [0.15, 0.2) is 24.3 Å². The number of hydrogen-bond acceptors (Lipinski definition) is 2. The molecule has 3 nitrogen and oxygen atoms in total. The predicted octanol–water partition coefficient (Wildman–Crippen LogP) is 1.51. The number of carbonyl (C=O) groups excluding carboxylic acids is 1. The van der Waals surface area contributed by atoms with E-state index in [1.165, 1.54) is 5.56 Å². The first kappa shape index (κ1) is 10.8. The molecule has 0 aromatic heterocycles. The summed E-state index contributed by atoms with van der Waals surface area (Å²) in [7, 11) is 0. The monoisotopic (exact) mass is 230 g/mol. The maximum Gasteiger partial charge on any atom is 0.226 e. The predicted molar refractivity (Wildman–Crippen MR) is 66.0 cm³/mol. The average Bonchev–Trinajstić information content (AvgIpc) is 2.30. The molecule has 2 saturated heterocycles. The molecule has 2 bridgehead atoms. The second kappa shape index (κ2) is 4.15. The largest absolute Gasteiger partial charge is 0.338 e. The van der Waals surface area contributed by atoms with Crippen LogP contribution < -0.4 is 5.73 Å². The number of amides is 1. The highest BCUT2D eigenvalue weighted by atomic mass is 16.2. The second-order valence-corrected chi connectivity index (χ2v) is 5.23. The SMILES string of the molecule is NCc1ccccc1CN1CC2CC(C2)C1=O. The van der Waals surface area contributed by atoms with Crippen molar-refractivity contribution in [3.8, 4) is 0 Å². The van der Waals surface area contributed by atoms with E-state index in [2.05, 4.69) is 6.07 Å². The van der Waals surface area contributed by atoms with Crippen LogP contribution in [0.5, 0.6) is 0 Å². The molecule has 3 aliphatic rings. The van der Waals surface area contributed by atoms with E-state index in [1.54, 1.807) is 0 Å². The van der Waals surface area contributed by atoms with Gasteiger partial charge in [-0.2, -0.15) is 0 Å². The molecule has 1 aliphatic carbocycles. The molecule has 4 rings (SSSR count). The van der Waals surface area contributed by atoms with Crippen LogP contribution in [-0.2, 0) is 17.9 Å². The van der Waals surface area contributed by atoms with Gasteiger partial charge in [-0.3, -0.25) is 4.79 Å². The highest BCUT2D eigenvalue weighted by molar-refractivity contribution is 5.81. The summed E-state index contributed by atoms with van der Waals surface area (Å²) < 4.78 is 0. The summed E-state index contributed by atoms with van der Waals surface area (Å²) >= 11 is 0. The van der Waals surface area contributed by atoms with Gasteiger partial charge in [0.2, 0.25) is 5.91 Å². The van der Waals surface area contributed by atoms with Gasteiger partial charge in [-0.05, 0) is 29.9 Å². The average molecular weight is 230 g/mol. The molecule has 90 valence electrons. The smallest absolute Gasteiger partial charge is 0.226 e. The zero-order chi connectivity index (χ0) is 11.8. The number of nitrogens with two attached hydrogens (primary N) is 1. The van der Waals surface area contributed by atoms with Crippen molar-refractivity contribution in [2.45, 2.75) is 25.9 Å². The number of benzene rings is 1. The van der Waals surface area contributed by atoms with Crippen molar-refractivity contribution in [1.82, 2.24) is 4.90 Å². The third kappa shape index (κ3) is 1.84. The Morgan fingerprint density at radius 2 is 1.94 bits per heavy atom. The van der Waals surface area contributed by atoms with Crippen LogP contribution >= 0.6 is 0 Å². The number of hydrogen-bond donors (Lipinski definition) is 1. The minimum Gasteiger partial charge on any atom is -0.338 e. The number of piperidine rings is 2. The number of carbonyl (C=O) groups is 1. The standard InChI is InChI=1S/C14H18N2O/c15-7-11-3-1-2-4-12(11)9-16-8-10-5-13(6-10)14(16)17/h1-4,10,13H,5-9,15H2. The van der Waals surface area contributed by atoms with Crippen molar-refractivity contribution >= 4 is 5.91 Å². The Balaban J connectivity index is 1.76. The summed E-state index contributed by atoms with van der Waals surface area (Å²) in [5, 5.41) is 0. The molecule has 1 amide bonds. The van der Waals surface area contributed by atoms with Crippen LogP contribution in [0.4, 0.5) is 0 Å². The van der Waals surface area contributed by atoms with Gasteiger partial charge in [-0.25, -0.2) is 0 Å². The summed E-state index contributed by atoms with van der Waals surface area (Å²) in [4.78, 5) is 14.1. The Hall–Kier alpha value is -1.35. The molecule has 2 aliphatic heterocycles. The van der Waals surface area contributed by atoms with Crippen molar-refractivity contribution in [3.63, 3.8) is 0 Å². The maximum absolute atomic E-state index is 12.1. The van der Waals surface area contributed by atoms with E-state index in [1.807, 2.05) is 23.1 Å². The zero-order valence-electron chi connectivity index (χ0n) is 9.93. The van der Waals surface area contributed by atoms with Crippen LogP contribution in [0.3, 0.4) is 0 Å². The third-order valence-corrected chi connectivity index (χ3v) is 4.07. The molecule has 1 aromatic carbocycles.